The lowest BCUT2D eigenvalue weighted by Crippen LogP contribution is -1.88. The predicted octanol–water partition coefficient (Wildman–Crippen LogP) is 4.54. The molecule has 0 unspecified atom stereocenters. The van der Waals surface area contributed by atoms with Gasteiger partial charge in [-0.25, -0.2) is 0 Å². The van der Waals surface area contributed by atoms with Crippen LogP contribution in [0.15, 0.2) is 53.7 Å². The SMILES string of the molecule is Clc1ccc(CON=Cc2ccccc2Cl)cc1. The molecule has 2 aromatic rings. The van der Waals surface area contributed by atoms with Gasteiger partial charge in [0.1, 0.15) is 6.61 Å². The van der Waals surface area contributed by atoms with Crippen molar-refractivity contribution in [3.05, 3.63) is 69.7 Å². The lowest BCUT2D eigenvalue weighted by molar-refractivity contribution is 0.132. The molecule has 0 aromatic heterocycles. The normalized spacial score (nSPS) is 10.8. The predicted molar refractivity (Wildman–Crippen MR) is 75.3 cm³/mol. The molecule has 4 heteroatoms. The van der Waals surface area contributed by atoms with Crippen molar-refractivity contribution < 1.29 is 4.84 Å². The van der Waals surface area contributed by atoms with Crippen molar-refractivity contribution in [2.24, 2.45) is 5.16 Å². The Morgan fingerprint density at radius 1 is 1.00 bits per heavy atom. The molecule has 0 heterocycles. The third-order valence-electron chi connectivity index (χ3n) is 2.32. The Balaban J connectivity index is 1.89. The molecule has 0 saturated carbocycles. The molecule has 92 valence electrons. The van der Waals surface area contributed by atoms with E-state index in [1.165, 1.54) is 0 Å². The molecular weight excluding hydrogens is 269 g/mol. The standard InChI is InChI=1S/C14H11Cl2NO/c15-13-7-5-11(6-8-13)10-18-17-9-12-3-1-2-4-14(12)16/h1-9H,10H2. The molecular formula is C14H11Cl2NO. The van der Waals surface area contributed by atoms with Gasteiger partial charge in [0.05, 0.1) is 6.21 Å². The van der Waals surface area contributed by atoms with Gasteiger partial charge in [0.2, 0.25) is 0 Å². The van der Waals surface area contributed by atoms with E-state index in [4.69, 9.17) is 28.0 Å². The molecule has 0 aliphatic carbocycles. The molecule has 0 aliphatic rings. The van der Waals surface area contributed by atoms with Gasteiger partial charge in [-0.2, -0.15) is 0 Å². The summed E-state index contributed by atoms with van der Waals surface area (Å²) in [6.07, 6.45) is 1.60. The zero-order chi connectivity index (χ0) is 12.8. The Morgan fingerprint density at radius 2 is 1.72 bits per heavy atom. The molecule has 0 spiro atoms. The van der Waals surface area contributed by atoms with Crippen LogP contribution >= 0.6 is 23.2 Å². The maximum Gasteiger partial charge on any atom is 0.142 e. The molecule has 18 heavy (non-hydrogen) atoms. The fourth-order valence-corrected chi connectivity index (χ4v) is 1.68. The van der Waals surface area contributed by atoms with E-state index in [2.05, 4.69) is 5.16 Å². The Hall–Kier alpha value is -1.51. The van der Waals surface area contributed by atoms with Gasteiger partial charge in [0.15, 0.2) is 0 Å². The van der Waals surface area contributed by atoms with E-state index in [-0.39, 0.29) is 0 Å². The van der Waals surface area contributed by atoms with Gasteiger partial charge in [-0.05, 0) is 23.8 Å². The van der Waals surface area contributed by atoms with Crippen molar-refractivity contribution in [3.63, 3.8) is 0 Å². The highest BCUT2D eigenvalue weighted by Gasteiger charge is 1.95. The molecule has 0 fully saturated rings. The topological polar surface area (TPSA) is 21.6 Å². The fraction of sp³-hybridized carbons (Fsp3) is 0.0714. The Bertz CT molecular complexity index is 538. The van der Waals surface area contributed by atoms with Crippen LogP contribution in [0.2, 0.25) is 10.0 Å². The van der Waals surface area contributed by atoms with Crippen molar-refractivity contribution >= 4 is 29.4 Å². The van der Waals surface area contributed by atoms with Gasteiger partial charge in [-0.3, -0.25) is 0 Å². The van der Waals surface area contributed by atoms with Crippen LogP contribution < -0.4 is 0 Å². The first kappa shape index (κ1) is 12.9. The highest BCUT2D eigenvalue weighted by atomic mass is 35.5. The van der Waals surface area contributed by atoms with E-state index in [0.29, 0.717) is 16.7 Å². The van der Waals surface area contributed by atoms with Crippen LogP contribution in [0.3, 0.4) is 0 Å². The van der Waals surface area contributed by atoms with Gasteiger partial charge in [0, 0.05) is 15.6 Å². The van der Waals surface area contributed by atoms with E-state index in [1.54, 1.807) is 6.21 Å². The van der Waals surface area contributed by atoms with Crippen molar-refractivity contribution in [2.75, 3.05) is 0 Å². The zero-order valence-electron chi connectivity index (χ0n) is 9.51. The molecule has 0 radical (unpaired) electrons. The summed E-state index contributed by atoms with van der Waals surface area (Å²) in [4.78, 5) is 5.19. The summed E-state index contributed by atoms with van der Waals surface area (Å²) in [5.41, 5.74) is 1.84. The van der Waals surface area contributed by atoms with Crippen LogP contribution in [0.25, 0.3) is 0 Å². The molecule has 0 bridgehead atoms. The van der Waals surface area contributed by atoms with E-state index < -0.39 is 0 Å². The lowest BCUT2D eigenvalue weighted by Gasteiger charge is -2.00. The minimum absolute atomic E-state index is 0.401. The summed E-state index contributed by atoms with van der Waals surface area (Å²) in [5, 5.41) is 5.23. The van der Waals surface area contributed by atoms with Gasteiger partial charge >= 0.3 is 0 Å². The van der Waals surface area contributed by atoms with Gasteiger partial charge in [-0.1, -0.05) is 58.7 Å². The van der Waals surface area contributed by atoms with Gasteiger partial charge < -0.3 is 4.84 Å². The van der Waals surface area contributed by atoms with Crippen molar-refractivity contribution in [1.82, 2.24) is 0 Å². The maximum absolute atomic E-state index is 5.98. The minimum Gasteiger partial charge on any atom is -0.391 e. The molecule has 0 atom stereocenters. The van der Waals surface area contributed by atoms with E-state index in [0.717, 1.165) is 11.1 Å². The number of oxime groups is 1. The van der Waals surface area contributed by atoms with Crippen LogP contribution in [-0.4, -0.2) is 6.21 Å². The number of halogens is 2. The second-order valence-corrected chi connectivity index (χ2v) is 4.50. The van der Waals surface area contributed by atoms with E-state index in [9.17, 15) is 0 Å². The summed E-state index contributed by atoms with van der Waals surface area (Å²) in [6.45, 7) is 0.401. The first-order valence-corrected chi connectivity index (χ1v) is 6.15. The molecule has 2 aromatic carbocycles. The third kappa shape index (κ3) is 3.76. The highest BCUT2D eigenvalue weighted by molar-refractivity contribution is 6.33. The summed E-state index contributed by atoms with van der Waals surface area (Å²) >= 11 is 11.8. The quantitative estimate of drug-likeness (QED) is 0.595. The first-order chi connectivity index (χ1) is 8.75. The average molecular weight is 280 g/mol. The van der Waals surface area contributed by atoms with Crippen molar-refractivity contribution in [3.8, 4) is 0 Å². The second kappa shape index (κ2) is 6.43. The first-order valence-electron chi connectivity index (χ1n) is 5.40. The van der Waals surface area contributed by atoms with Crippen LogP contribution in [0.5, 0.6) is 0 Å². The van der Waals surface area contributed by atoms with Gasteiger partial charge in [0.25, 0.3) is 0 Å². The number of hydrogen-bond donors (Lipinski definition) is 0. The van der Waals surface area contributed by atoms with E-state index in [1.807, 2.05) is 48.5 Å². The maximum atomic E-state index is 5.98. The van der Waals surface area contributed by atoms with Crippen LogP contribution in [0.1, 0.15) is 11.1 Å². The Labute approximate surface area is 116 Å². The second-order valence-electron chi connectivity index (χ2n) is 3.66. The third-order valence-corrected chi connectivity index (χ3v) is 2.91. The lowest BCUT2D eigenvalue weighted by atomic mass is 10.2. The van der Waals surface area contributed by atoms with E-state index >= 15 is 0 Å². The number of nitrogens with zero attached hydrogens (tertiary/aromatic N) is 1. The number of hydrogen-bond acceptors (Lipinski definition) is 2. The number of benzene rings is 2. The van der Waals surface area contributed by atoms with Crippen LogP contribution in [0, 0.1) is 0 Å². The van der Waals surface area contributed by atoms with Gasteiger partial charge in [-0.15, -0.1) is 0 Å². The number of rotatable bonds is 4. The smallest absolute Gasteiger partial charge is 0.142 e. The van der Waals surface area contributed by atoms with Crippen LogP contribution in [-0.2, 0) is 11.4 Å². The molecule has 0 N–H and O–H groups in total. The molecule has 0 aliphatic heterocycles. The molecule has 2 rings (SSSR count). The Kier molecular flexibility index (Phi) is 4.62. The monoisotopic (exact) mass is 279 g/mol. The van der Waals surface area contributed by atoms with Crippen molar-refractivity contribution in [2.45, 2.75) is 6.61 Å². The summed E-state index contributed by atoms with van der Waals surface area (Å²) in [7, 11) is 0. The van der Waals surface area contributed by atoms with Crippen LogP contribution in [0.4, 0.5) is 0 Å². The average Bonchev–Trinajstić information content (AvgIpc) is 2.39. The summed E-state index contributed by atoms with van der Waals surface area (Å²) < 4.78 is 0. The zero-order valence-corrected chi connectivity index (χ0v) is 11.0. The van der Waals surface area contributed by atoms with Crippen molar-refractivity contribution in [1.29, 1.82) is 0 Å². The Morgan fingerprint density at radius 3 is 2.44 bits per heavy atom. The minimum atomic E-state index is 0.401. The highest BCUT2D eigenvalue weighted by Crippen LogP contribution is 2.13. The molecule has 0 saturated heterocycles. The summed E-state index contributed by atoms with van der Waals surface area (Å²) in [6, 6.07) is 14.9. The molecule has 2 nitrogen and oxygen atoms in total. The fourth-order valence-electron chi connectivity index (χ4n) is 1.37. The largest absolute Gasteiger partial charge is 0.391 e. The summed E-state index contributed by atoms with van der Waals surface area (Å²) in [5.74, 6) is 0. The molecule has 0 amide bonds.